The fourth-order valence-corrected chi connectivity index (χ4v) is 3.72. The predicted octanol–water partition coefficient (Wildman–Crippen LogP) is 3.80. The van der Waals surface area contributed by atoms with Crippen molar-refractivity contribution >= 4 is 63.5 Å². The minimum Gasteiger partial charge on any atom is -0.496 e. The average Bonchev–Trinajstić information content (AvgIpc) is 2.95. The molecular weight excluding hydrogens is 438 g/mol. The molecule has 1 saturated heterocycles. The molecule has 0 atom stereocenters. The van der Waals surface area contributed by atoms with Gasteiger partial charge in [-0.15, -0.1) is 0 Å². The molecule has 2 amide bonds. The molecule has 1 N–H and O–H groups in total. The van der Waals surface area contributed by atoms with Crippen molar-refractivity contribution in [3.8, 4) is 5.75 Å². The molecule has 0 aliphatic carbocycles. The van der Waals surface area contributed by atoms with E-state index in [4.69, 9.17) is 28.6 Å². The van der Waals surface area contributed by atoms with Crippen LogP contribution in [0.5, 0.6) is 5.75 Å². The van der Waals surface area contributed by atoms with Gasteiger partial charge in [0, 0.05) is 28.3 Å². The number of methoxy groups -OCH3 is 1. The van der Waals surface area contributed by atoms with Crippen LogP contribution in [0.15, 0.2) is 47.4 Å². The van der Waals surface area contributed by atoms with Gasteiger partial charge >= 0.3 is 0 Å². The van der Waals surface area contributed by atoms with Crippen LogP contribution in [0.3, 0.4) is 0 Å². The van der Waals surface area contributed by atoms with Gasteiger partial charge in [-0.1, -0.05) is 23.4 Å². The molecular formula is C18H12ClN3O5S2. The van der Waals surface area contributed by atoms with Crippen molar-refractivity contribution in [3.05, 3.63) is 73.6 Å². The van der Waals surface area contributed by atoms with Gasteiger partial charge in [-0.3, -0.25) is 25.1 Å². The number of ether oxygens (including phenoxy) is 1. The molecule has 0 aromatic heterocycles. The van der Waals surface area contributed by atoms with Crippen LogP contribution in [0.2, 0.25) is 5.02 Å². The van der Waals surface area contributed by atoms with Gasteiger partial charge in [-0.05, 0) is 48.6 Å². The third kappa shape index (κ3) is 4.56. The van der Waals surface area contributed by atoms with E-state index in [0.29, 0.717) is 21.9 Å². The summed E-state index contributed by atoms with van der Waals surface area (Å²) in [5.41, 5.74) is 2.94. The van der Waals surface area contributed by atoms with E-state index >= 15 is 0 Å². The highest BCUT2D eigenvalue weighted by atomic mass is 35.5. The molecule has 0 saturated carbocycles. The lowest BCUT2D eigenvalue weighted by Gasteiger charge is -2.15. The van der Waals surface area contributed by atoms with Crippen LogP contribution in [-0.2, 0) is 4.79 Å². The van der Waals surface area contributed by atoms with Crippen LogP contribution in [0.1, 0.15) is 15.9 Å². The zero-order valence-corrected chi connectivity index (χ0v) is 17.1. The van der Waals surface area contributed by atoms with E-state index in [-0.39, 0.29) is 14.9 Å². The Bertz CT molecular complexity index is 1060. The summed E-state index contributed by atoms with van der Waals surface area (Å²) in [5, 5.41) is 12.4. The maximum atomic E-state index is 12.7. The van der Waals surface area contributed by atoms with Crippen molar-refractivity contribution in [1.82, 2.24) is 10.4 Å². The minimum atomic E-state index is -0.559. The number of hydrazine groups is 1. The molecule has 11 heteroatoms. The summed E-state index contributed by atoms with van der Waals surface area (Å²) in [6.45, 7) is 0. The first-order valence-corrected chi connectivity index (χ1v) is 9.57. The van der Waals surface area contributed by atoms with E-state index in [1.54, 1.807) is 12.1 Å². The zero-order chi connectivity index (χ0) is 21.1. The quantitative estimate of drug-likeness (QED) is 0.320. The molecule has 1 heterocycles. The van der Waals surface area contributed by atoms with Crippen molar-refractivity contribution in [2.45, 2.75) is 0 Å². The van der Waals surface area contributed by atoms with Gasteiger partial charge in [0.15, 0.2) is 4.32 Å². The summed E-state index contributed by atoms with van der Waals surface area (Å²) in [4.78, 5) is 35.7. The molecule has 148 valence electrons. The van der Waals surface area contributed by atoms with E-state index in [2.05, 4.69) is 5.43 Å². The van der Waals surface area contributed by atoms with Gasteiger partial charge in [0.25, 0.3) is 17.5 Å². The maximum Gasteiger partial charge on any atom is 0.285 e. The van der Waals surface area contributed by atoms with Gasteiger partial charge < -0.3 is 4.74 Å². The number of thioether (sulfide) groups is 1. The molecule has 1 aliphatic rings. The van der Waals surface area contributed by atoms with E-state index in [1.807, 2.05) is 0 Å². The topological polar surface area (TPSA) is 102 Å². The Kier molecular flexibility index (Phi) is 6.16. The molecule has 0 radical (unpaired) electrons. The first kappa shape index (κ1) is 20.8. The Morgan fingerprint density at radius 3 is 2.62 bits per heavy atom. The van der Waals surface area contributed by atoms with Crippen molar-refractivity contribution in [2.24, 2.45) is 0 Å². The van der Waals surface area contributed by atoms with Crippen LogP contribution in [0, 0.1) is 10.1 Å². The Labute approximate surface area is 179 Å². The molecule has 0 bridgehead atoms. The molecule has 29 heavy (non-hydrogen) atoms. The lowest BCUT2D eigenvalue weighted by Crippen LogP contribution is -2.44. The summed E-state index contributed by atoms with van der Waals surface area (Å²) in [6.07, 6.45) is 1.43. The summed E-state index contributed by atoms with van der Waals surface area (Å²) in [7, 11) is 1.41. The summed E-state index contributed by atoms with van der Waals surface area (Å²) in [6, 6.07) is 10.2. The second-order valence-corrected chi connectivity index (χ2v) is 7.76. The van der Waals surface area contributed by atoms with E-state index in [0.717, 1.165) is 16.8 Å². The number of hydrogen-bond acceptors (Lipinski definition) is 7. The number of rotatable bonds is 5. The maximum absolute atomic E-state index is 12.7. The van der Waals surface area contributed by atoms with E-state index < -0.39 is 16.7 Å². The Morgan fingerprint density at radius 1 is 1.31 bits per heavy atom. The molecule has 0 unspecified atom stereocenters. The number of nitrogens with one attached hydrogen (secondary N) is 1. The minimum absolute atomic E-state index is 0.118. The Morgan fingerprint density at radius 2 is 2.00 bits per heavy atom. The number of halogens is 1. The number of carbonyl (C=O) groups excluding carboxylic acids is 2. The van der Waals surface area contributed by atoms with Gasteiger partial charge in [0.1, 0.15) is 5.75 Å². The molecule has 0 spiro atoms. The van der Waals surface area contributed by atoms with Crippen LogP contribution in [0.25, 0.3) is 6.08 Å². The third-order valence-corrected chi connectivity index (χ3v) is 5.38. The normalized spacial score (nSPS) is 15.0. The van der Waals surface area contributed by atoms with Gasteiger partial charge in [-0.25, -0.2) is 0 Å². The number of carbonyl (C=O) groups is 2. The van der Waals surface area contributed by atoms with Gasteiger partial charge in [0.2, 0.25) is 0 Å². The van der Waals surface area contributed by atoms with Crippen molar-refractivity contribution in [1.29, 1.82) is 0 Å². The predicted molar refractivity (Wildman–Crippen MR) is 114 cm³/mol. The zero-order valence-electron chi connectivity index (χ0n) is 14.7. The summed E-state index contributed by atoms with van der Waals surface area (Å²) >= 11 is 11.9. The average molecular weight is 450 g/mol. The number of thiocarbonyl (C=S) groups is 1. The van der Waals surface area contributed by atoms with Crippen molar-refractivity contribution in [2.75, 3.05) is 7.11 Å². The number of non-ortho nitro benzene ring substituents is 1. The van der Waals surface area contributed by atoms with Crippen molar-refractivity contribution in [3.63, 3.8) is 0 Å². The second-order valence-electron chi connectivity index (χ2n) is 5.65. The van der Waals surface area contributed by atoms with Gasteiger partial charge in [-0.2, -0.15) is 5.01 Å². The Balaban J connectivity index is 1.85. The highest BCUT2D eigenvalue weighted by Gasteiger charge is 2.34. The third-order valence-electron chi connectivity index (χ3n) is 3.82. The smallest absolute Gasteiger partial charge is 0.285 e. The lowest BCUT2D eigenvalue weighted by atomic mass is 10.1. The fraction of sp³-hybridized carbons (Fsp3) is 0.0556. The first-order chi connectivity index (χ1) is 13.8. The molecule has 2 aromatic carbocycles. The van der Waals surface area contributed by atoms with Crippen LogP contribution in [0.4, 0.5) is 5.69 Å². The molecule has 1 fully saturated rings. The monoisotopic (exact) mass is 449 g/mol. The Hall–Kier alpha value is -2.95. The SMILES string of the molecule is COc1ccc([N+](=O)[O-])cc1/C=C1/SC(=S)N(NC(=O)c2ccc(Cl)cc2)C1=O. The van der Waals surface area contributed by atoms with E-state index in [1.165, 1.54) is 43.5 Å². The molecule has 1 aliphatic heterocycles. The number of nitro groups is 1. The number of hydrogen-bond donors (Lipinski definition) is 1. The summed E-state index contributed by atoms with van der Waals surface area (Å²) < 4.78 is 5.32. The molecule has 8 nitrogen and oxygen atoms in total. The van der Waals surface area contributed by atoms with Gasteiger partial charge in [0.05, 0.1) is 16.9 Å². The number of nitro benzene ring substituents is 1. The molecule has 3 rings (SSSR count). The van der Waals surface area contributed by atoms with E-state index in [9.17, 15) is 19.7 Å². The lowest BCUT2D eigenvalue weighted by molar-refractivity contribution is -0.384. The fourth-order valence-electron chi connectivity index (χ4n) is 2.42. The highest BCUT2D eigenvalue weighted by Crippen LogP contribution is 2.34. The largest absolute Gasteiger partial charge is 0.496 e. The second kappa shape index (κ2) is 8.60. The number of nitrogens with zero attached hydrogens (tertiary/aromatic N) is 2. The van der Waals surface area contributed by atoms with Crippen LogP contribution >= 0.6 is 35.6 Å². The number of amides is 2. The summed E-state index contributed by atoms with van der Waals surface area (Å²) in [5.74, 6) is -0.742. The van der Waals surface area contributed by atoms with Crippen LogP contribution < -0.4 is 10.2 Å². The molecule has 2 aromatic rings. The first-order valence-electron chi connectivity index (χ1n) is 7.97. The highest BCUT2D eigenvalue weighted by molar-refractivity contribution is 8.26. The van der Waals surface area contributed by atoms with Crippen molar-refractivity contribution < 1.29 is 19.2 Å². The standard InChI is InChI=1S/C18H12ClN3O5S2/c1-27-14-7-6-13(22(25)26)8-11(14)9-15-17(24)21(18(28)29-15)20-16(23)10-2-4-12(19)5-3-10/h2-9H,1H3,(H,20,23)/b15-9+. The van der Waals surface area contributed by atoms with Crippen LogP contribution in [-0.4, -0.2) is 33.2 Å². The number of benzene rings is 2.